The Bertz CT molecular complexity index is 336. The Morgan fingerprint density at radius 3 is 2.23 bits per heavy atom. The zero-order valence-electron chi connectivity index (χ0n) is 7.05. The lowest BCUT2D eigenvalue weighted by atomic mass is 10.1. The van der Waals surface area contributed by atoms with Crippen LogP contribution in [-0.2, 0) is 10.7 Å². The summed E-state index contributed by atoms with van der Waals surface area (Å²) in [6, 6.07) is 6.93. The molecule has 0 radical (unpaired) electrons. The minimum Gasteiger partial charge on any atom is -0.324 e. The van der Waals surface area contributed by atoms with Crippen LogP contribution in [0, 0.1) is 0 Å². The summed E-state index contributed by atoms with van der Waals surface area (Å²) >= 11 is 0. The summed E-state index contributed by atoms with van der Waals surface area (Å²) in [5.74, 6) is 0. The van der Waals surface area contributed by atoms with Gasteiger partial charge in [0.05, 0.1) is 6.16 Å². The highest BCUT2D eigenvalue weighted by Crippen LogP contribution is 2.38. The van der Waals surface area contributed by atoms with Gasteiger partial charge in [-0.25, -0.2) is 0 Å². The van der Waals surface area contributed by atoms with Crippen LogP contribution in [0.25, 0.3) is 6.08 Å². The van der Waals surface area contributed by atoms with Gasteiger partial charge in [-0.2, -0.15) is 0 Å². The van der Waals surface area contributed by atoms with Gasteiger partial charge in [0.2, 0.25) is 0 Å². The number of hydrogen-bond acceptors (Lipinski definition) is 1. The second kappa shape index (κ2) is 3.88. The first-order valence-electron chi connectivity index (χ1n) is 3.77. The Hall–Kier alpha value is -0.890. The minimum atomic E-state index is -3.94. The molecule has 1 aromatic carbocycles. The van der Waals surface area contributed by atoms with E-state index in [-0.39, 0.29) is 6.16 Å². The highest BCUT2D eigenvalue weighted by atomic mass is 31.2. The van der Waals surface area contributed by atoms with Crippen LogP contribution in [0.2, 0.25) is 0 Å². The van der Waals surface area contributed by atoms with Crippen molar-refractivity contribution < 1.29 is 14.4 Å². The van der Waals surface area contributed by atoms with E-state index in [9.17, 15) is 4.57 Å². The zero-order valence-corrected chi connectivity index (χ0v) is 7.95. The fourth-order valence-electron chi connectivity index (χ4n) is 0.997. The lowest BCUT2D eigenvalue weighted by Crippen LogP contribution is -1.86. The van der Waals surface area contributed by atoms with Crippen molar-refractivity contribution in [1.29, 1.82) is 0 Å². The Morgan fingerprint density at radius 1 is 1.31 bits per heavy atom. The molecule has 0 unspecified atom stereocenters. The molecule has 0 aliphatic carbocycles. The van der Waals surface area contributed by atoms with E-state index < -0.39 is 7.60 Å². The largest absolute Gasteiger partial charge is 0.329 e. The number of benzene rings is 1. The number of rotatable bonds is 3. The Morgan fingerprint density at radius 2 is 1.85 bits per heavy atom. The maximum absolute atomic E-state index is 10.6. The molecule has 2 N–H and O–H groups in total. The first kappa shape index (κ1) is 10.2. The molecule has 0 saturated carbocycles. The van der Waals surface area contributed by atoms with Gasteiger partial charge in [0, 0.05) is 0 Å². The van der Waals surface area contributed by atoms with Crippen molar-refractivity contribution in [3.8, 4) is 0 Å². The van der Waals surface area contributed by atoms with Crippen LogP contribution in [0.4, 0.5) is 0 Å². The fraction of sp³-hybridized carbons (Fsp3) is 0.111. The molecule has 3 nitrogen and oxygen atoms in total. The standard InChI is InChI=1S/C9H11O3P/c1-2-8-3-5-9(6-4-8)7-13(10,11)12/h2-6H,1,7H2,(H2,10,11,12). The van der Waals surface area contributed by atoms with Crippen LogP contribution in [0.3, 0.4) is 0 Å². The van der Waals surface area contributed by atoms with E-state index in [1.54, 1.807) is 30.3 Å². The fourth-order valence-corrected chi connectivity index (χ4v) is 1.68. The summed E-state index contributed by atoms with van der Waals surface area (Å²) in [6.45, 7) is 3.58. The summed E-state index contributed by atoms with van der Waals surface area (Å²) in [5, 5.41) is 0. The van der Waals surface area contributed by atoms with Gasteiger partial charge in [-0.3, -0.25) is 4.57 Å². The van der Waals surface area contributed by atoms with Crippen LogP contribution in [0.15, 0.2) is 30.8 Å². The second-order valence-electron chi connectivity index (χ2n) is 2.77. The maximum atomic E-state index is 10.6. The average Bonchev–Trinajstić information content (AvgIpc) is 2.03. The van der Waals surface area contributed by atoms with Crippen molar-refractivity contribution in [2.75, 3.05) is 0 Å². The summed E-state index contributed by atoms with van der Waals surface area (Å²) in [7, 11) is -3.94. The SMILES string of the molecule is C=Cc1ccc(CP(=O)(O)O)cc1. The third-order valence-electron chi connectivity index (χ3n) is 1.60. The Kier molecular flexibility index (Phi) is 3.04. The third kappa shape index (κ3) is 3.55. The molecule has 0 heterocycles. The first-order chi connectivity index (χ1) is 6.01. The topological polar surface area (TPSA) is 57.5 Å². The molecule has 0 aliphatic rings. The molecule has 0 saturated heterocycles. The first-order valence-corrected chi connectivity index (χ1v) is 5.57. The third-order valence-corrected chi connectivity index (χ3v) is 2.38. The molecule has 0 atom stereocenters. The Labute approximate surface area is 76.9 Å². The van der Waals surface area contributed by atoms with E-state index in [0.717, 1.165) is 5.56 Å². The van der Waals surface area contributed by atoms with E-state index in [2.05, 4.69) is 6.58 Å². The lowest BCUT2D eigenvalue weighted by Gasteiger charge is -2.03. The minimum absolute atomic E-state index is 0.204. The molecule has 0 fully saturated rings. The molecule has 4 heteroatoms. The van der Waals surface area contributed by atoms with Crippen LogP contribution in [-0.4, -0.2) is 9.79 Å². The normalized spacial score (nSPS) is 11.2. The van der Waals surface area contributed by atoms with Crippen molar-refractivity contribution in [3.05, 3.63) is 42.0 Å². The van der Waals surface area contributed by atoms with Crippen LogP contribution in [0.5, 0.6) is 0 Å². The van der Waals surface area contributed by atoms with Gasteiger partial charge in [-0.15, -0.1) is 0 Å². The van der Waals surface area contributed by atoms with E-state index in [1.165, 1.54) is 0 Å². The molecule has 0 aromatic heterocycles. The van der Waals surface area contributed by atoms with Crippen LogP contribution in [0.1, 0.15) is 11.1 Å². The van der Waals surface area contributed by atoms with E-state index in [4.69, 9.17) is 9.79 Å². The van der Waals surface area contributed by atoms with Gasteiger partial charge in [-0.1, -0.05) is 36.9 Å². The summed E-state index contributed by atoms with van der Waals surface area (Å²) in [5.41, 5.74) is 1.58. The van der Waals surface area contributed by atoms with E-state index in [0.29, 0.717) is 5.56 Å². The summed E-state index contributed by atoms with van der Waals surface area (Å²) in [6.07, 6.45) is 1.48. The molecule has 0 spiro atoms. The molecule has 70 valence electrons. The van der Waals surface area contributed by atoms with Crippen molar-refractivity contribution in [2.24, 2.45) is 0 Å². The molecule has 13 heavy (non-hydrogen) atoms. The van der Waals surface area contributed by atoms with Crippen molar-refractivity contribution in [2.45, 2.75) is 6.16 Å². The van der Waals surface area contributed by atoms with Gasteiger partial charge in [0.15, 0.2) is 0 Å². The van der Waals surface area contributed by atoms with Gasteiger partial charge >= 0.3 is 7.60 Å². The van der Waals surface area contributed by atoms with Gasteiger partial charge < -0.3 is 9.79 Å². The molecule has 0 amide bonds. The lowest BCUT2D eigenvalue weighted by molar-refractivity contribution is 0.371. The smallest absolute Gasteiger partial charge is 0.324 e. The predicted octanol–water partition coefficient (Wildman–Crippen LogP) is 2.01. The monoisotopic (exact) mass is 198 g/mol. The maximum Gasteiger partial charge on any atom is 0.329 e. The summed E-state index contributed by atoms with van der Waals surface area (Å²) in [4.78, 5) is 17.4. The van der Waals surface area contributed by atoms with Gasteiger partial charge in [0.25, 0.3) is 0 Å². The zero-order chi connectivity index (χ0) is 9.90. The van der Waals surface area contributed by atoms with E-state index in [1.807, 2.05) is 0 Å². The van der Waals surface area contributed by atoms with E-state index >= 15 is 0 Å². The Balaban J connectivity index is 2.81. The average molecular weight is 198 g/mol. The van der Waals surface area contributed by atoms with Gasteiger partial charge in [0.1, 0.15) is 0 Å². The van der Waals surface area contributed by atoms with Crippen LogP contribution >= 0.6 is 7.60 Å². The highest BCUT2D eigenvalue weighted by molar-refractivity contribution is 7.50. The van der Waals surface area contributed by atoms with Crippen LogP contribution < -0.4 is 0 Å². The quantitative estimate of drug-likeness (QED) is 0.730. The number of hydrogen-bond donors (Lipinski definition) is 2. The van der Waals surface area contributed by atoms with Crippen molar-refractivity contribution >= 4 is 13.7 Å². The molecule has 0 bridgehead atoms. The summed E-state index contributed by atoms with van der Waals surface area (Å²) < 4.78 is 10.6. The molecule has 0 aliphatic heterocycles. The molecular weight excluding hydrogens is 187 g/mol. The molecule has 1 rings (SSSR count). The van der Waals surface area contributed by atoms with Crippen molar-refractivity contribution in [3.63, 3.8) is 0 Å². The second-order valence-corrected chi connectivity index (χ2v) is 4.41. The van der Waals surface area contributed by atoms with Crippen molar-refractivity contribution in [1.82, 2.24) is 0 Å². The predicted molar refractivity (Wildman–Crippen MR) is 52.3 cm³/mol. The highest BCUT2D eigenvalue weighted by Gasteiger charge is 2.12. The van der Waals surface area contributed by atoms with Gasteiger partial charge in [-0.05, 0) is 11.1 Å². The molecular formula is C9H11O3P. The molecule has 1 aromatic rings.